The number of H-pyrrole nitrogens is 1. The van der Waals surface area contributed by atoms with Gasteiger partial charge in [-0.1, -0.05) is 0 Å². The average Bonchev–Trinajstić information content (AvgIpc) is 3.35. The fourth-order valence-corrected chi connectivity index (χ4v) is 4.32. The summed E-state index contributed by atoms with van der Waals surface area (Å²) in [7, 11) is 0. The topological polar surface area (TPSA) is 81.3 Å². The minimum Gasteiger partial charge on any atom is -0.336 e. The summed E-state index contributed by atoms with van der Waals surface area (Å²) in [6.45, 7) is 8.00. The number of carbonyl (C=O) groups is 2. The number of aryl methyl sites for hydroxylation is 3. The van der Waals surface area contributed by atoms with Gasteiger partial charge in [0.1, 0.15) is 0 Å². The van der Waals surface area contributed by atoms with Gasteiger partial charge in [-0.3, -0.25) is 14.8 Å². The van der Waals surface area contributed by atoms with Crippen molar-refractivity contribution in [2.75, 3.05) is 24.5 Å². The van der Waals surface area contributed by atoms with Crippen LogP contribution in [0.15, 0.2) is 18.2 Å². The number of amides is 3. The van der Waals surface area contributed by atoms with Crippen molar-refractivity contribution in [3.05, 3.63) is 46.3 Å². The molecule has 3 heterocycles. The van der Waals surface area contributed by atoms with Crippen molar-refractivity contribution in [3.8, 4) is 0 Å². The molecular weight excluding hydrogens is 342 g/mol. The first kappa shape index (κ1) is 17.6. The third-order valence-electron chi connectivity index (χ3n) is 5.62. The Morgan fingerprint density at radius 2 is 2.04 bits per heavy atom. The molecule has 7 heteroatoms. The highest BCUT2D eigenvalue weighted by atomic mass is 16.2. The van der Waals surface area contributed by atoms with E-state index in [1.165, 1.54) is 0 Å². The molecule has 2 fully saturated rings. The van der Waals surface area contributed by atoms with Crippen molar-refractivity contribution in [1.29, 1.82) is 0 Å². The molecule has 1 unspecified atom stereocenters. The molecule has 0 radical (unpaired) electrons. The summed E-state index contributed by atoms with van der Waals surface area (Å²) in [4.78, 5) is 28.8. The van der Waals surface area contributed by atoms with Gasteiger partial charge in [0.15, 0.2) is 0 Å². The maximum absolute atomic E-state index is 13.2. The summed E-state index contributed by atoms with van der Waals surface area (Å²) in [5.41, 5.74) is 5.60. The molecule has 0 saturated carbocycles. The lowest BCUT2D eigenvalue weighted by molar-refractivity contribution is 0.0735. The molecule has 142 valence electrons. The Labute approximate surface area is 158 Å². The molecule has 0 bridgehead atoms. The monoisotopic (exact) mass is 367 g/mol. The highest BCUT2D eigenvalue weighted by Gasteiger charge is 2.33. The Morgan fingerprint density at radius 1 is 1.22 bits per heavy atom. The number of hydrogen-bond donors (Lipinski definition) is 2. The van der Waals surface area contributed by atoms with E-state index in [4.69, 9.17) is 0 Å². The van der Waals surface area contributed by atoms with Crippen LogP contribution >= 0.6 is 0 Å². The fourth-order valence-electron chi connectivity index (χ4n) is 4.32. The summed E-state index contributed by atoms with van der Waals surface area (Å²) in [6, 6.07) is 5.60. The predicted octanol–water partition coefficient (Wildman–Crippen LogP) is 2.84. The first-order valence-electron chi connectivity index (χ1n) is 9.46. The standard InChI is InChI=1S/C20H25N5O2/c1-12-11-15(6-7-16(12)25-10-8-21-20(25)27)19(26)24-9-4-5-17(24)18-13(2)22-23-14(18)3/h6-7,11,17H,4-5,8-10H2,1-3H3,(H,21,27)(H,22,23). The summed E-state index contributed by atoms with van der Waals surface area (Å²) < 4.78 is 0. The molecule has 0 aliphatic carbocycles. The normalized spacial score (nSPS) is 19.7. The molecule has 2 aliphatic rings. The number of carbonyl (C=O) groups excluding carboxylic acids is 2. The molecule has 2 aromatic rings. The highest BCUT2D eigenvalue weighted by molar-refractivity contribution is 5.98. The Hall–Kier alpha value is -2.83. The number of nitrogens with one attached hydrogen (secondary N) is 2. The second-order valence-corrected chi connectivity index (χ2v) is 7.39. The smallest absolute Gasteiger partial charge is 0.322 e. The molecule has 7 nitrogen and oxygen atoms in total. The maximum atomic E-state index is 13.2. The third-order valence-corrected chi connectivity index (χ3v) is 5.62. The van der Waals surface area contributed by atoms with Crippen molar-refractivity contribution < 1.29 is 9.59 Å². The minimum atomic E-state index is -0.0808. The lowest BCUT2D eigenvalue weighted by Crippen LogP contribution is -2.31. The zero-order valence-corrected chi connectivity index (χ0v) is 16.0. The van der Waals surface area contributed by atoms with E-state index in [2.05, 4.69) is 15.5 Å². The van der Waals surface area contributed by atoms with E-state index in [1.807, 2.05) is 43.9 Å². The summed E-state index contributed by atoms with van der Waals surface area (Å²) in [5.74, 6) is 0.0398. The summed E-state index contributed by atoms with van der Waals surface area (Å²) >= 11 is 0. The number of nitrogens with zero attached hydrogens (tertiary/aromatic N) is 3. The number of likely N-dealkylation sites (tertiary alicyclic amines) is 1. The third kappa shape index (κ3) is 2.97. The molecule has 2 N–H and O–H groups in total. The van der Waals surface area contributed by atoms with Crippen molar-refractivity contribution in [2.24, 2.45) is 0 Å². The van der Waals surface area contributed by atoms with E-state index in [1.54, 1.807) is 4.90 Å². The van der Waals surface area contributed by atoms with Crippen LogP contribution in [0.5, 0.6) is 0 Å². The van der Waals surface area contributed by atoms with Crippen molar-refractivity contribution in [1.82, 2.24) is 20.4 Å². The van der Waals surface area contributed by atoms with Crippen LogP contribution in [0.3, 0.4) is 0 Å². The number of aromatic amines is 1. The molecule has 0 spiro atoms. The molecule has 1 aromatic heterocycles. The number of aromatic nitrogens is 2. The first-order valence-corrected chi connectivity index (χ1v) is 9.46. The van der Waals surface area contributed by atoms with Crippen LogP contribution in [-0.2, 0) is 0 Å². The van der Waals surface area contributed by atoms with Crippen LogP contribution in [0.1, 0.15) is 51.8 Å². The van der Waals surface area contributed by atoms with E-state index < -0.39 is 0 Å². The number of anilines is 1. The van der Waals surface area contributed by atoms with Gasteiger partial charge in [-0.2, -0.15) is 5.10 Å². The van der Waals surface area contributed by atoms with E-state index in [-0.39, 0.29) is 18.0 Å². The van der Waals surface area contributed by atoms with Gasteiger partial charge in [0.25, 0.3) is 5.91 Å². The van der Waals surface area contributed by atoms with Gasteiger partial charge >= 0.3 is 6.03 Å². The summed E-state index contributed by atoms with van der Waals surface area (Å²) in [6.07, 6.45) is 1.95. The Morgan fingerprint density at radius 3 is 2.67 bits per heavy atom. The second-order valence-electron chi connectivity index (χ2n) is 7.39. The van der Waals surface area contributed by atoms with Gasteiger partial charge in [0.05, 0.1) is 11.7 Å². The molecular formula is C20H25N5O2. The van der Waals surface area contributed by atoms with Crippen LogP contribution in [-0.4, -0.2) is 46.7 Å². The first-order chi connectivity index (χ1) is 13.0. The average molecular weight is 367 g/mol. The van der Waals surface area contributed by atoms with Crippen LogP contribution in [0.2, 0.25) is 0 Å². The number of urea groups is 1. The molecule has 27 heavy (non-hydrogen) atoms. The lowest BCUT2D eigenvalue weighted by atomic mass is 10.0. The van der Waals surface area contributed by atoms with Gasteiger partial charge in [0.2, 0.25) is 0 Å². The largest absolute Gasteiger partial charge is 0.336 e. The Bertz CT molecular complexity index is 884. The van der Waals surface area contributed by atoms with Gasteiger partial charge < -0.3 is 10.2 Å². The van der Waals surface area contributed by atoms with Crippen molar-refractivity contribution >= 4 is 17.6 Å². The number of benzene rings is 1. The molecule has 2 saturated heterocycles. The van der Waals surface area contributed by atoms with Gasteiger partial charge in [-0.25, -0.2) is 4.79 Å². The molecule has 1 atom stereocenters. The van der Waals surface area contributed by atoms with E-state index >= 15 is 0 Å². The quantitative estimate of drug-likeness (QED) is 0.875. The van der Waals surface area contributed by atoms with Gasteiger partial charge in [-0.15, -0.1) is 0 Å². The lowest BCUT2D eigenvalue weighted by Gasteiger charge is -2.26. The number of hydrogen-bond acceptors (Lipinski definition) is 3. The van der Waals surface area contributed by atoms with Crippen LogP contribution in [0, 0.1) is 20.8 Å². The SMILES string of the molecule is Cc1cc(C(=O)N2CCCC2c2c(C)n[nH]c2C)ccc1N1CCNC1=O. The molecule has 2 aliphatic heterocycles. The van der Waals surface area contributed by atoms with Gasteiger partial charge in [0, 0.05) is 42.1 Å². The van der Waals surface area contributed by atoms with Crippen molar-refractivity contribution in [2.45, 2.75) is 39.7 Å². The second kappa shape index (κ2) is 6.72. The summed E-state index contributed by atoms with van der Waals surface area (Å²) in [5, 5.41) is 10.1. The van der Waals surface area contributed by atoms with E-state index in [9.17, 15) is 9.59 Å². The predicted molar refractivity (Wildman–Crippen MR) is 103 cm³/mol. The Balaban J connectivity index is 1.61. The highest BCUT2D eigenvalue weighted by Crippen LogP contribution is 2.36. The molecule has 1 aromatic carbocycles. The van der Waals surface area contributed by atoms with E-state index in [0.29, 0.717) is 18.7 Å². The molecule has 3 amide bonds. The maximum Gasteiger partial charge on any atom is 0.322 e. The zero-order chi connectivity index (χ0) is 19.1. The van der Waals surface area contributed by atoms with Crippen LogP contribution < -0.4 is 10.2 Å². The number of rotatable bonds is 3. The van der Waals surface area contributed by atoms with Crippen LogP contribution in [0.4, 0.5) is 10.5 Å². The van der Waals surface area contributed by atoms with Crippen LogP contribution in [0.25, 0.3) is 0 Å². The van der Waals surface area contributed by atoms with Crippen molar-refractivity contribution in [3.63, 3.8) is 0 Å². The molecule has 4 rings (SSSR count). The Kier molecular flexibility index (Phi) is 4.37. The minimum absolute atomic E-state index is 0.0398. The zero-order valence-electron chi connectivity index (χ0n) is 16.0. The van der Waals surface area contributed by atoms with Gasteiger partial charge in [-0.05, 0) is 57.4 Å². The fraction of sp³-hybridized carbons (Fsp3) is 0.450. The van der Waals surface area contributed by atoms with E-state index in [0.717, 1.165) is 47.6 Å².